The van der Waals surface area contributed by atoms with Crippen LogP contribution >= 0.6 is 0 Å². The van der Waals surface area contributed by atoms with Crippen LogP contribution in [0.1, 0.15) is 19.4 Å². The zero-order valence-corrected chi connectivity index (χ0v) is 11.7. The lowest BCUT2D eigenvalue weighted by Crippen LogP contribution is -2.53. The monoisotopic (exact) mass is 261 g/mol. The topological polar surface area (TPSA) is 32.7 Å². The summed E-state index contributed by atoms with van der Waals surface area (Å²) >= 11 is 0. The van der Waals surface area contributed by atoms with Crippen LogP contribution in [0.5, 0.6) is 0 Å². The molecule has 1 aromatic carbocycles. The Bertz CT molecular complexity index is 414. The van der Waals surface area contributed by atoms with Gasteiger partial charge in [-0.1, -0.05) is 42.5 Å². The van der Waals surface area contributed by atoms with Crippen molar-refractivity contribution < 1.29 is 9.84 Å². The highest BCUT2D eigenvalue weighted by Gasteiger charge is 2.32. The van der Waals surface area contributed by atoms with Gasteiger partial charge >= 0.3 is 0 Å². The summed E-state index contributed by atoms with van der Waals surface area (Å²) in [7, 11) is 0. The van der Waals surface area contributed by atoms with Gasteiger partial charge in [-0.3, -0.25) is 4.90 Å². The molecule has 0 spiro atoms. The maximum Gasteiger partial charge on any atom is 0.0940 e. The number of benzene rings is 1. The van der Waals surface area contributed by atoms with Crippen LogP contribution in [0.3, 0.4) is 0 Å². The fourth-order valence-electron chi connectivity index (χ4n) is 2.55. The van der Waals surface area contributed by atoms with Gasteiger partial charge in [0.1, 0.15) is 0 Å². The van der Waals surface area contributed by atoms with E-state index >= 15 is 0 Å². The van der Waals surface area contributed by atoms with Crippen LogP contribution < -0.4 is 0 Å². The van der Waals surface area contributed by atoms with Gasteiger partial charge in [0, 0.05) is 19.6 Å². The number of rotatable bonds is 4. The molecule has 104 valence electrons. The van der Waals surface area contributed by atoms with E-state index < -0.39 is 0 Å². The second-order valence-corrected chi connectivity index (χ2v) is 5.69. The van der Waals surface area contributed by atoms with Crippen molar-refractivity contribution in [2.45, 2.75) is 25.6 Å². The van der Waals surface area contributed by atoms with Gasteiger partial charge in [-0.15, -0.1) is 0 Å². The highest BCUT2D eigenvalue weighted by atomic mass is 16.5. The molecule has 1 saturated heterocycles. The van der Waals surface area contributed by atoms with Crippen molar-refractivity contribution in [3.63, 3.8) is 0 Å². The van der Waals surface area contributed by atoms with E-state index in [0.717, 1.165) is 19.6 Å². The van der Waals surface area contributed by atoms with Crippen LogP contribution in [0, 0.1) is 0 Å². The van der Waals surface area contributed by atoms with Crippen molar-refractivity contribution >= 4 is 6.08 Å². The molecule has 0 radical (unpaired) electrons. The molecule has 19 heavy (non-hydrogen) atoms. The Kier molecular flexibility index (Phi) is 4.75. The Morgan fingerprint density at radius 1 is 1.37 bits per heavy atom. The molecular formula is C16H23NO2. The predicted octanol–water partition coefficient (Wildman–Crippen LogP) is 2.17. The third-order valence-corrected chi connectivity index (χ3v) is 3.23. The lowest BCUT2D eigenvalue weighted by atomic mass is 10.1. The maximum absolute atomic E-state index is 9.27. The normalized spacial score (nSPS) is 23.8. The minimum Gasteiger partial charge on any atom is -0.394 e. The van der Waals surface area contributed by atoms with E-state index in [9.17, 15) is 5.11 Å². The molecule has 1 fully saturated rings. The van der Waals surface area contributed by atoms with E-state index in [2.05, 4.69) is 43.0 Å². The third-order valence-electron chi connectivity index (χ3n) is 3.23. The lowest BCUT2D eigenvalue weighted by Gasteiger charge is -2.42. The van der Waals surface area contributed by atoms with Gasteiger partial charge in [0.15, 0.2) is 0 Å². The molecule has 3 nitrogen and oxygen atoms in total. The summed E-state index contributed by atoms with van der Waals surface area (Å²) in [5.74, 6) is 0. The number of aliphatic hydroxyl groups excluding tert-OH is 1. The average molecular weight is 261 g/mol. The van der Waals surface area contributed by atoms with E-state index in [1.807, 2.05) is 18.2 Å². The number of morpholine rings is 1. The first-order valence-corrected chi connectivity index (χ1v) is 6.82. The molecule has 0 aromatic heterocycles. The second-order valence-electron chi connectivity index (χ2n) is 5.69. The summed E-state index contributed by atoms with van der Waals surface area (Å²) < 4.78 is 5.80. The fourth-order valence-corrected chi connectivity index (χ4v) is 2.55. The number of hydrogen-bond donors (Lipinski definition) is 1. The standard InChI is InChI=1S/C16H23NO2/c1-16(2)13-17(11-15(12-18)19-16)10-6-9-14-7-4-3-5-8-14/h3-9,15,18H,10-13H2,1-2H3/b9-6+. The molecule has 1 N–H and O–H groups in total. The molecule has 1 aliphatic rings. The number of nitrogens with zero attached hydrogens (tertiary/aromatic N) is 1. The molecule has 0 aliphatic carbocycles. The van der Waals surface area contributed by atoms with Gasteiger partial charge in [-0.25, -0.2) is 0 Å². The average Bonchev–Trinajstić information content (AvgIpc) is 2.38. The molecule has 0 saturated carbocycles. The summed E-state index contributed by atoms with van der Waals surface area (Å²) in [5.41, 5.74) is 1.03. The molecule has 1 heterocycles. The predicted molar refractivity (Wildman–Crippen MR) is 78.0 cm³/mol. The molecule has 0 amide bonds. The zero-order chi connectivity index (χ0) is 13.7. The number of ether oxygens (including phenoxy) is 1. The Labute approximate surface area is 115 Å². The Balaban J connectivity index is 1.90. The first kappa shape index (κ1) is 14.3. The summed E-state index contributed by atoms with van der Waals surface area (Å²) in [5, 5.41) is 9.27. The molecular weight excluding hydrogens is 238 g/mol. The van der Waals surface area contributed by atoms with Crippen molar-refractivity contribution in [2.75, 3.05) is 26.2 Å². The van der Waals surface area contributed by atoms with E-state index in [1.165, 1.54) is 5.56 Å². The molecule has 1 aliphatic heterocycles. The lowest BCUT2D eigenvalue weighted by molar-refractivity contribution is -0.146. The fraction of sp³-hybridized carbons (Fsp3) is 0.500. The van der Waals surface area contributed by atoms with E-state index in [0.29, 0.717) is 0 Å². The van der Waals surface area contributed by atoms with Crippen LogP contribution in [0.2, 0.25) is 0 Å². The second kappa shape index (κ2) is 6.33. The zero-order valence-electron chi connectivity index (χ0n) is 11.7. The van der Waals surface area contributed by atoms with E-state index in [4.69, 9.17) is 4.74 Å². The van der Waals surface area contributed by atoms with Gasteiger partial charge in [-0.2, -0.15) is 0 Å². The minimum atomic E-state index is -0.188. The van der Waals surface area contributed by atoms with Crippen molar-refractivity contribution in [3.05, 3.63) is 42.0 Å². The number of hydrogen-bond acceptors (Lipinski definition) is 3. The summed E-state index contributed by atoms with van der Waals surface area (Å²) in [6.45, 7) is 6.80. The van der Waals surface area contributed by atoms with E-state index in [-0.39, 0.29) is 18.3 Å². The molecule has 1 aromatic rings. The first-order chi connectivity index (χ1) is 9.09. The molecule has 1 atom stereocenters. The number of aliphatic hydroxyl groups is 1. The molecule has 3 heteroatoms. The maximum atomic E-state index is 9.27. The van der Waals surface area contributed by atoms with Crippen LogP contribution in [-0.2, 0) is 4.74 Å². The van der Waals surface area contributed by atoms with Crippen molar-refractivity contribution in [1.29, 1.82) is 0 Å². The van der Waals surface area contributed by atoms with Crippen LogP contribution in [0.4, 0.5) is 0 Å². The van der Waals surface area contributed by atoms with Gasteiger partial charge in [0.2, 0.25) is 0 Å². The smallest absolute Gasteiger partial charge is 0.0940 e. The molecule has 1 unspecified atom stereocenters. The highest BCUT2D eigenvalue weighted by Crippen LogP contribution is 2.20. The van der Waals surface area contributed by atoms with E-state index in [1.54, 1.807) is 0 Å². The SMILES string of the molecule is CC1(C)CN(C/C=C/c2ccccc2)CC(CO)O1. The van der Waals surface area contributed by atoms with Gasteiger partial charge in [-0.05, 0) is 19.4 Å². The van der Waals surface area contributed by atoms with Crippen LogP contribution in [0.25, 0.3) is 6.08 Å². The molecule has 0 bridgehead atoms. The van der Waals surface area contributed by atoms with Gasteiger partial charge in [0.25, 0.3) is 0 Å². The largest absolute Gasteiger partial charge is 0.394 e. The third kappa shape index (κ3) is 4.46. The first-order valence-electron chi connectivity index (χ1n) is 6.82. The van der Waals surface area contributed by atoms with Crippen LogP contribution in [-0.4, -0.2) is 48.0 Å². The van der Waals surface area contributed by atoms with Crippen LogP contribution in [0.15, 0.2) is 36.4 Å². The van der Waals surface area contributed by atoms with Gasteiger partial charge < -0.3 is 9.84 Å². The summed E-state index contributed by atoms with van der Waals surface area (Å²) in [4.78, 5) is 2.32. The Hall–Kier alpha value is -1.16. The highest BCUT2D eigenvalue weighted by molar-refractivity contribution is 5.48. The van der Waals surface area contributed by atoms with Crippen molar-refractivity contribution in [2.24, 2.45) is 0 Å². The summed E-state index contributed by atoms with van der Waals surface area (Å²) in [6, 6.07) is 10.3. The Morgan fingerprint density at radius 2 is 2.11 bits per heavy atom. The van der Waals surface area contributed by atoms with Crippen molar-refractivity contribution in [1.82, 2.24) is 4.90 Å². The quantitative estimate of drug-likeness (QED) is 0.901. The van der Waals surface area contributed by atoms with Crippen molar-refractivity contribution in [3.8, 4) is 0 Å². The van der Waals surface area contributed by atoms with Gasteiger partial charge in [0.05, 0.1) is 18.3 Å². The minimum absolute atomic E-state index is 0.0751. The summed E-state index contributed by atoms with van der Waals surface area (Å²) in [6.07, 6.45) is 4.23. The Morgan fingerprint density at radius 3 is 2.79 bits per heavy atom. The molecule has 2 rings (SSSR count).